The van der Waals surface area contributed by atoms with Crippen LogP contribution < -0.4 is 10.5 Å². The molecule has 0 saturated carbocycles. The monoisotopic (exact) mass is 306 g/mol. The van der Waals surface area contributed by atoms with Gasteiger partial charge >= 0.3 is 6.36 Å². The van der Waals surface area contributed by atoms with Crippen LogP contribution in [0, 0.1) is 0 Å². The molecule has 7 heteroatoms. The Kier molecular flexibility index (Phi) is 2.86. The molecule has 0 spiro atoms. The molecule has 0 saturated heterocycles. The molecule has 0 fully saturated rings. The van der Waals surface area contributed by atoms with Crippen molar-refractivity contribution in [3.05, 3.63) is 28.9 Å². The number of nitrogens with zero attached hydrogens (tertiary/aromatic N) is 1. The van der Waals surface area contributed by atoms with Gasteiger partial charge in [-0.3, -0.25) is 0 Å². The fourth-order valence-corrected chi connectivity index (χ4v) is 1.84. The van der Waals surface area contributed by atoms with Gasteiger partial charge in [0, 0.05) is 11.6 Å². The predicted octanol–water partition coefficient (Wildman–Crippen LogP) is 3.48. The first kappa shape index (κ1) is 12.0. The van der Waals surface area contributed by atoms with E-state index in [0.717, 1.165) is 0 Å². The lowest BCUT2D eigenvalue weighted by atomic mass is 10.1. The maximum Gasteiger partial charge on any atom is 0.573 e. The summed E-state index contributed by atoms with van der Waals surface area (Å²) >= 11 is 3.01. The molecule has 1 aromatic carbocycles. The normalized spacial score (nSPS) is 11.8. The van der Waals surface area contributed by atoms with Crippen molar-refractivity contribution >= 4 is 32.5 Å². The summed E-state index contributed by atoms with van der Waals surface area (Å²) in [5.41, 5.74) is 5.58. The second-order valence-electron chi connectivity index (χ2n) is 3.25. The van der Waals surface area contributed by atoms with Crippen molar-refractivity contribution in [2.24, 2.45) is 0 Å². The fraction of sp³-hybridized carbons (Fsp3) is 0.100. The van der Waals surface area contributed by atoms with Gasteiger partial charge in [0.1, 0.15) is 11.6 Å². The molecule has 2 N–H and O–H groups in total. The number of fused-ring (bicyclic) bond motifs is 1. The zero-order chi connectivity index (χ0) is 12.6. The van der Waals surface area contributed by atoms with Crippen LogP contribution in [0.5, 0.6) is 5.75 Å². The Bertz CT molecular complexity index is 571. The summed E-state index contributed by atoms with van der Waals surface area (Å²) in [6.45, 7) is 0. The first-order chi connectivity index (χ1) is 7.87. The lowest BCUT2D eigenvalue weighted by molar-refractivity contribution is -0.274. The summed E-state index contributed by atoms with van der Waals surface area (Å²) in [5, 5.41) is 1.09. The molecule has 0 radical (unpaired) electrons. The van der Waals surface area contributed by atoms with E-state index in [1.807, 2.05) is 0 Å². The van der Waals surface area contributed by atoms with Gasteiger partial charge < -0.3 is 10.5 Å². The molecular formula is C10H6BrF3N2O. The van der Waals surface area contributed by atoms with Crippen LogP contribution >= 0.6 is 15.9 Å². The minimum atomic E-state index is -4.74. The van der Waals surface area contributed by atoms with Crippen LogP contribution in [0.25, 0.3) is 10.8 Å². The Labute approximate surface area is 103 Å². The molecule has 2 rings (SSSR count). The number of nitrogens with two attached hydrogens (primary N) is 1. The van der Waals surface area contributed by atoms with Gasteiger partial charge in [-0.05, 0) is 39.5 Å². The number of anilines is 1. The summed E-state index contributed by atoms with van der Waals surface area (Å²) in [7, 11) is 0. The molecule has 1 aromatic heterocycles. The fourth-order valence-electron chi connectivity index (χ4n) is 1.40. The standard InChI is InChI=1S/C10H6BrF3N2O/c11-7-3-5-1-2-16-9(15)6(5)4-8(7)17-10(12,13)14/h1-4H,(H2,15,16). The zero-order valence-electron chi connectivity index (χ0n) is 8.25. The molecule has 1 heterocycles. The van der Waals surface area contributed by atoms with Crippen molar-refractivity contribution in [1.82, 2.24) is 4.98 Å². The van der Waals surface area contributed by atoms with Crippen molar-refractivity contribution in [2.45, 2.75) is 6.36 Å². The average Bonchev–Trinajstić information content (AvgIpc) is 2.18. The number of rotatable bonds is 1. The number of aromatic nitrogens is 1. The number of benzene rings is 1. The van der Waals surface area contributed by atoms with E-state index in [1.165, 1.54) is 18.3 Å². The number of ether oxygens (including phenoxy) is 1. The summed E-state index contributed by atoms with van der Waals surface area (Å²) in [4.78, 5) is 3.80. The highest BCUT2D eigenvalue weighted by Gasteiger charge is 2.32. The Morgan fingerprint density at radius 1 is 1.29 bits per heavy atom. The number of hydrogen-bond acceptors (Lipinski definition) is 3. The van der Waals surface area contributed by atoms with Gasteiger partial charge in [0.2, 0.25) is 0 Å². The van der Waals surface area contributed by atoms with Gasteiger partial charge in [-0.15, -0.1) is 13.2 Å². The molecule has 2 aromatic rings. The summed E-state index contributed by atoms with van der Waals surface area (Å²) in [6.07, 6.45) is -3.26. The summed E-state index contributed by atoms with van der Waals surface area (Å²) in [5.74, 6) is -0.188. The van der Waals surface area contributed by atoms with E-state index < -0.39 is 6.36 Å². The van der Waals surface area contributed by atoms with Gasteiger partial charge in [0.15, 0.2) is 0 Å². The third-order valence-electron chi connectivity index (χ3n) is 2.07. The van der Waals surface area contributed by atoms with Gasteiger partial charge in [-0.25, -0.2) is 4.98 Å². The third-order valence-corrected chi connectivity index (χ3v) is 2.69. The average molecular weight is 307 g/mol. The molecule has 0 bridgehead atoms. The van der Waals surface area contributed by atoms with Gasteiger partial charge in [0.05, 0.1) is 4.47 Å². The third kappa shape index (κ3) is 2.60. The van der Waals surface area contributed by atoms with E-state index in [1.54, 1.807) is 6.07 Å². The van der Waals surface area contributed by atoms with Crippen molar-refractivity contribution in [3.8, 4) is 5.75 Å². The molecule has 0 aliphatic rings. The number of halogens is 4. The molecular weight excluding hydrogens is 301 g/mol. The number of pyridine rings is 1. The number of nitrogen functional groups attached to an aromatic ring is 1. The van der Waals surface area contributed by atoms with E-state index in [4.69, 9.17) is 5.73 Å². The van der Waals surface area contributed by atoms with E-state index in [2.05, 4.69) is 25.7 Å². The molecule has 0 aliphatic carbocycles. The number of alkyl halides is 3. The Morgan fingerprint density at radius 3 is 2.65 bits per heavy atom. The molecule has 0 unspecified atom stereocenters. The van der Waals surface area contributed by atoms with Crippen LogP contribution in [0.15, 0.2) is 28.9 Å². The van der Waals surface area contributed by atoms with Crippen LogP contribution in [0.4, 0.5) is 19.0 Å². The summed E-state index contributed by atoms with van der Waals surface area (Å²) in [6, 6.07) is 4.34. The highest BCUT2D eigenvalue weighted by atomic mass is 79.9. The van der Waals surface area contributed by atoms with Crippen LogP contribution in [0.3, 0.4) is 0 Å². The van der Waals surface area contributed by atoms with Crippen molar-refractivity contribution < 1.29 is 17.9 Å². The molecule has 0 amide bonds. The van der Waals surface area contributed by atoms with Gasteiger partial charge in [-0.2, -0.15) is 0 Å². The van der Waals surface area contributed by atoms with E-state index in [9.17, 15) is 13.2 Å². The molecule has 17 heavy (non-hydrogen) atoms. The van der Waals surface area contributed by atoms with Crippen LogP contribution in [-0.2, 0) is 0 Å². The van der Waals surface area contributed by atoms with Crippen molar-refractivity contribution in [3.63, 3.8) is 0 Å². The van der Waals surface area contributed by atoms with E-state index >= 15 is 0 Å². The minimum absolute atomic E-state index is 0.155. The van der Waals surface area contributed by atoms with Crippen LogP contribution in [0.2, 0.25) is 0 Å². The second-order valence-corrected chi connectivity index (χ2v) is 4.10. The molecule has 0 aliphatic heterocycles. The van der Waals surface area contributed by atoms with Crippen molar-refractivity contribution in [2.75, 3.05) is 5.73 Å². The molecule has 0 atom stereocenters. The minimum Gasteiger partial charge on any atom is -0.405 e. The van der Waals surface area contributed by atoms with Crippen molar-refractivity contribution in [1.29, 1.82) is 0 Å². The Balaban J connectivity index is 2.58. The number of hydrogen-bond donors (Lipinski definition) is 1. The first-order valence-electron chi connectivity index (χ1n) is 4.46. The SMILES string of the molecule is Nc1nccc2cc(Br)c(OC(F)(F)F)cc12. The van der Waals surface area contributed by atoms with Crippen LogP contribution in [0.1, 0.15) is 0 Å². The smallest absolute Gasteiger partial charge is 0.405 e. The predicted molar refractivity (Wildman–Crippen MR) is 60.5 cm³/mol. The zero-order valence-corrected chi connectivity index (χ0v) is 9.84. The van der Waals surface area contributed by atoms with Gasteiger partial charge in [0.25, 0.3) is 0 Å². The Morgan fingerprint density at radius 2 is 2.00 bits per heavy atom. The summed E-state index contributed by atoms with van der Waals surface area (Å²) < 4.78 is 40.5. The maximum absolute atomic E-state index is 12.1. The van der Waals surface area contributed by atoms with E-state index in [0.29, 0.717) is 10.8 Å². The highest BCUT2D eigenvalue weighted by molar-refractivity contribution is 9.10. The van der Waals surface area contributed by atoms with E-state index in [-0.39, 0.29) is 16.0 Å². The highest BCUT2D eigenvalue weighted by Crippen LogP contribution is 2.35. The quantitative estimate of drug-likeness (QED) is 0.877. The lowest BCUT2D eigenvalue weighted by Gasteiger charge is -2.12. The first-order valence-corrected chi connectivity index (χ1v) is 5.25. The topological polar surface area (TPSA) is 48.1 Å². The molecule has 90 valence electrons. The molecule has 3 nitrogen and oxygen atoms in total. The maximum atomic E-state index is 12.1. The Hall–Kier alpha value is -1.50. The van der Waals surface area contributed by atoms with Gasteiger partial charge in [-0.1, -0.05) is 0 Å². The largest absolute Gasteiger partial charge is 0.573 e. The van der Waals surface area contributed by atoms with Crippen LogP contribution in [-0.4, -0.2) is 11.3 Å². The second kappa shape index (κ2) is 4.06. The lowest BCUT2D eigenvalue weighted by Crippen LogP contribution is -2.17.